The van der Waals surface area contributed by atoms with Gasteiger partial charge in [0.15, 0.2) is 5.60 Å². The molecular formula is C25H29F3N2O2. The number of ether oxygens (including phenoxy) is 2. The molecule has 0 radical (unpaired) electrons. The Bertz CT molecular complexity index is 1010. The minimum absolute atomic E-state index is 0.0407. The van der Waals surface area contributed by atoms with E-state index in [2.05, 4.69) is 17.0 Å². The molecule has 1 saturated heterocycles. The number of benzene rings is 2. The van der Waals surface area contributed by atoms with E-state index in [1.54, 1.807) is 19.2 Å². The van der Waals surface area contributed by atoms with E-state index in [4.69, 9.17) is 15.2 Å². The SMILES string of the molecule is COc1cc2c(cc1C[C@]13C[C@@H]1CN(CN)[C@H]3c1ccccc1)C(C)(C(F)(F)F)OCC2. The number of fused-ring (bicyclic) bond motifs is 2. The minimum Gasteiger partial charge on any atom is -0.496 e. The average molecular weight is 447 g/mol. The smallest absolute Gasteiger partial charge is 0.421 e. The number of nitrogens with zero attached hydrogens (tertiary/aromatic N) is 1. The number of rotatable bonds is 5. The molecule has 3 aliphatic rings. The number of methoxy groups -OCH3 is 1. The van der Waals surface area contributed by atoms with Crippen LogP contribution in [0.5, 0.6) is 5.75 Å². The summed E-state index contributed by atoms with van der Waals surface area (Å²) in [7, 11) is 1.59. The molecular weight excluding hydrogens is 417 g/mol. The fourth-order valence-corrected chi connectivity index (χ4v) is 6.08. The second-order valence-corrected chi connectivity index (χ2v) is 9.53. The first-order valence-corrected chi connectivity index (χ1v) is 11.1. The van der Waals surface area contributed by atoms with E-state index in [0.29, 0.717) is 36.7 Å². The quantitative estimate of drug-likeness (QED) is 0.731. The molecule has 2 aromatic rings. The zero-order valence-electron chi connectivity index (χ0n) is 18.4. The van der Waals surface area contributed by atoms with Gasteiger partial charge in [-0.2, -0.15) is 13.2 Å². The molecule has 172 valence electrons. The van der Waals surface area contributed by atoms with Crippen LogP contribution in [0.4, 0.5) is 13.2 Å². The zero-order chi connectivity index (χ0) is 22.7. The van der Waals surface area contributed by atoms with Crippen LogP contribution in [0.1, 0.15) is 41.6 Å². The van der Waals surface area contributed by atoms with Crippen molar-refractivity contribution < 1.29 is 22.6 Å². The van der Waals surface area contributed by atoms with Crippen LogP contribution in [-0.2, 0) is 23.2 Å². The molecule has 2 aromatic carbocycles. The topological polar surface area (TPSA) is 47.7 Å². The minimum atomic E-state index is -4.50. The van der Waals surface area contributed by atoms with Crippen molar-refractivity contribution in [2.24, 2.45) is 17.1 Å². The first kappa shape index (κ1) is 21.7. The lowest BCUT2D eigenvalue weighted by molar-refractivity contribution is -0.281. The Morgan fingerprint density at radius 1 is 1.22 bits per heavy atom. The Labute approximate surface area is 186 Å². The van der Waals surface area contributed by atoms with E-state index in [-0.39, 0.29) is 23.6 Å². The van der Waals surface area contributed by atoms with Gasteiger partial charge in [0, 0.05) is 19.3 Å². The van der Waals surface area contributed by atoms with E-state index < -0.39 is 11.8 Å². The summed E-state index contributed by atoms with van der Waals surface area (Å²) in [6.07, 6.45) is -2.36. The highest BCUT2D eigenvalue weighted by Crippen LogP contribution is 2.69. The van der Waals surface area contributed by atoms with Gasteiger partial charge in [-0.25, -0.2) is 0 Å². The monoisotopic (exact) mass is 446 g/mol. The molecule has 32 heavy (non-hydrogen) atoms. The highest BCUT2D eigenvalue weighted by molar-refractivity contribution is 5.48. The third-order valence-electron chi connectivity index (χ3n) is 7.84. The predicted octanol–water partition coefficient (Wildman–Crippen LogP) is 4.57. The van der Waals surface area contributed by atoms with Gasteiger partial charge >= 0.3 is 6.18 Å². The predicted molar refractivity (Wildman–Crippen MR) is 115 cm³/mol. The lowest BCUT2D eigenvalue weighted by Crippen LogP contribution is -2.45. The highest BCUT2D eigenvalue weighted by atomic mass is 19.4. The largest absolute Gasteiger partial charge is 0.496 e. The van der Waals surface area contributed by atoms with Crippen LogP contribution >= 0.6 is 0 Å². The number of alkyl halides is 3. The van der Waals surface area contributed by atoms with Crippen LogP contribution < -0.4 is 10.5 Å². The van der Waals surface area contributed by atoms with E-state index in [1.807, 2.05) is 18.2 Å². The Morgan fingerprint density at radius 2 is 1.97 bits per heavy atom. The Kier molecular flexibility index (Phi) is 5.07. The van der Waals surface area contributed by atoms with Gasteiger partial charge < -0.3 is 15.2 Å². The maximum absolute atomic E-state index is 14.0. The van der Waals surface area contributed by atoms with Crippen molar-refractivity contribution >= 4 is 0 Å². The van der Waals surface area contributed by atoms with E-state index in [0.717, 1.165) is 25.5 Å². The first-order valence-electron chi connectivity index (χ1n) is 11.1. The molecule has 0 spiro atoms. The van der Waals surface area contributed by atoms with Crippen LogP contribution in [-0.4, -0.2) is 38.0 Å². The lowest BCUT2D eigenvalue weighted by atomic mass is 9.80. The molecule has 7 heteroatoms. The third-order valence-corrected chi connectivity index (χ3v) is 7.84. The molecule has 1 saturated carbocycles. The highest BCUT2D eigenvalue weighted by Gasteiger charge is 2.65. The van der Waals surface area contributed by atoms with Crippen molar-refractivity contribution in [2.45, 2.75) is 44.0 Å². The number of piperidine rings is 1. The Hall–Kier alpha value is -2.09. The van der Waals surface area contributed by atoms with Crippen LogP contribution in [0.2, 0.25) is 0 Å². The zero-order valence-corrected chi connectivity index (χ0v) is 18.4. The summed E-state index contributed by atoms with van der Waals surface area (Å²) < 4.78 is 53.0. The Balaban J connectivity index is 1.57. The second kappa shape index (κ2) is 7.47. The molecule has 0 aromatic heterocycles. The normalized spacial score (nSPS) is 31.8. The van der Waals surface area contributed by atoms with Crippen molar-refractivity contribution in [2.75, 3.05) is 26.9 Å². The van der Waals surface area contributed by atoms with Gasteiger partial charge in [-0.15, -0.1) is 0 Å². The maximum atomic E-state index is 14.0. The van der Waals surface area contributed by atoms with Gasteiger partial charge in [0.1, 0.15) is 5.75 Å². The van der Waals surface area contributed by atoms with Crippen molar-refractivity contribution in [3.8, 4) is 5.75 Å². The molecule has 2 fully saturated rings. The fraction of sp³-hybridized carbons (Fsp3) is 0.520. The number of nitrogens with two attached hydrogens (primary N) is 1. The van der Waals surface area contributed by atoms with E-state index in [9.17, 15) is 13.2 Å². The molecule has 1 unspecified atom stereocenters. The van der Waals surface area contributed by atoms with Crippen LogP contribution in [0.3, 0.4) is 0 Å². The van der Waals surface area contributed by atoms with Crippen LogP contribution in [0.25, 0.3) is 0 Å². The first-order chi connectivity index (χ1) is 15.2. The lowest BCUT2D eigenvalue weighted by Gasteiger charge is -2.38. The van der Waals surface area contributed by atoms with Crippen molar-refractivity contribution in [3.05, 3.63) is 64.7 Å². The standard InChI is InChI=1S/C25H29F3N2O2/c1-23(25(26,27)28)20-10-18(21(31-2)11-17(20)8-9-32-23)12-24-13-19(24)14-30(15-29)22(24)16-6-4-3-5-7-16/h3-7,10-11,19,22H,8-9,12-15,29H2,1-2H3/t19-,22+,23?,24+/m1/s1. The summed E-state index contributed by atoms with van der Waals surface area (Å²) in [5.74, 6) is 1.13. The van der Waals surface area contributed by atoms with Crippen molar-refractivity contribution in [3.63, 3.8) is 0 Å². The fourth-order valence-electron chi connectivity index (χ4n) is 6.08. The summed E-state index contributed by atoms with van der Waals surface area (Å²) in [6, 6.07) is 13.9. The molecule has 5 rings (SSSR count). The number of likely N-dealkylation sites (tertiary alicyclic amines) is 1. The number of hydrogen-bond donors (Lipinski definition) is 1. The third kappa shape index (κ3) is 3.17. The summed E-state index contributed by atoms with van der Waals surface area (Å²) in [6.45, 7) is 2.54. The summed E-state index contributed by atoms with van der Waals surface area (Å²) in [5.41, 5.74) is 6.62. The summed E-state index contributed by atoms with van der Waals surface area (Å²) >= 11 is 0. The van der Waals surface area contributed by atoms with Gasteiger partial charge in [-0.05, 0) is 71.9 Å². The maximum Gasteiger partial charge on any atom is 0.421 e. The van der Waals surface area contributed by atoms with Gasteiger partial charge in [0.2, 0.25) is 0 Å². The second-order valence-electron chi connectivity index (χ2n) is 9.53. The molecule has 0 bridgehead atoms. The van der Waals surface area contributed by atoms with Gasteiger partial charge in [-0.3, -0.25) is 4.90 Å². The van der Waals surface area contributed by atoms with Crippen molar-refractivity contribution in [1.82, 2.24) is 4.90 Å². The number of halogens is 3. The van der Waals surface area contributed by atoms with Gasteiger partial charge in [0.25, 0.3) is 0 Å². The van der Waals surface area contributed by atoms with Crippen molar-refractivity contribution in [1.29, 1.82) is 0 Å². The molecule has 2 N–H and O–H groups in total. The average Bonchev–Trinajstić information content (AvgIpc) is 3.36. The molecule has 1 aliphatic carbocycles. The van der Waals surface area contributed by atoms with Crippen LogP contribution in [0, 0.1) is 11.3 Å². The van der Waals surface area contributed by atoms with Crippen LogP contribution in [0.15, 0.2) is 42.5 Å². The van der Waals surface area contributed by atoms with E-state index >= 15 is 0 Å². The Morgan fingerprint density at radius 3 is 2.62 bits per heavy atom. The van der Waals surface area contributed by atoms with Gasteiger partial charge in [0.05, 0.1) is 13.7 Å². The summed E-state index contributed by atoms with van der Waals surface area (Å²) in [5, 5.41) is 0. The molecule has 4 atom stereocenters. The molecule has 0 amide bonds. The van der Waals surface area contributed by atoms with E-state index in [1.165, 1.54) is 5.56 Å². The molecule has 2 heterocycles. The molecule has 4 nitrogen and oxygen atoms in total. The molecule has 2 aliphatic heterocycles. The van der Waals surface area contributed by atoms with Gasteiger partial charge in [-0.1, -0.05) is 30.3 Å². The summed E-state index contributed by atoms with van der Waals surface area (Å²) in [4.78, 5) is 2.29. The number of hydrogen-bond acceptors (Lipinski definition) is 4.